The minimum Gasteiger partial charge on any atom is -0.504 e. The van der Waals surface area contributed by atoms with Crippen LogP contribution >= 0.6 is 0 Å². The summed E-state index contributed by atoms with van der Waals surface area (Å²) in [5.41, 5.74) is -0.156. The molecule has 0 bridgehead atoms. The van der Waals surface area contributed by atoms with Crippen molar-refractivity contribution >= 4 is 11.8 Å². The van der Waals surface area contributed by atoms with E-state index in [1.54, 1.807) is 0 Å². The smallest absolute Gasteiger partial charge is 0.274 e. The second kappa shape index (κ2) is 3.14. The SMILES string of the molecule is C=Cc1cc([N+](=O)[O-])cc(O)c1O. The fourth-order valence-electron chi connectivity index (χ4n) is 0.887. The van der Waals surface area contributed by atoms with Gasteiger partial charge in [-0.15, -0.1) is 0 Å². The highest BCUT2D eigenvalue weighted by molar-refractivity contribution is 5.64. The second-order valence-corrected chi connectivity index (χ2v) is 2.36. The van der Waals surface area contributed by atoms with Crippen molar-refractivity contribution in [3.63, 3.8) is 0 Å². The predicted molar refractivity (Wildman–Crippen MR) is 46.5 cm³/mol. The molecule has 1 aromatic rings. The summed E-state index contributed by atoms with van der Waals surface area (Å²) < 4.78 is 0. The molecule has 0 spiro atoms. The molecule has 2 N–H and O–H groups in total. The molecule has 0 radical (unpaired) electrons. The van der Waals surface area contributed by atoms with Crippen LogP contribution in [0.1, 0.15) is 5.56 Å². The number of hydrogen-bond donors (Lipinski definition) is 2. The lowest BCUT2D eigenvalue weighted by Crippen LogP contribution is -1.88. The molecule has 5 heteroatoms. The van der Waals surface area contributed by atoms with Crippen LogP contribution in [0.25, 0.3) is 6.08 Å². The Morgan fingerprint density at radius 2 is 2.08 bits per heavy atom. The number of benzene rings is 1. The number of nitro benzene ring substituents is 1. The normalized spacial score (nSPS) is 9.54. The molecule has 0 atom stereocenters. The summed E-state index contributed by atoms with van der Waals surface area (Å²) in [5.74, 6) is -0.926. The topological polar surface area (TPSA) is 83.6 Å². The number of non-ortho nitro benzene ring substituents is 1. The first-order chi connectivity index (χ1) is 6.06. The molecule has 0 aliphatic heterocycles. The molecule has 0 saturated carbocycles. The Hall–Kier alpha value is -2.04. The number of phenols is 2. The lowest BCUT2D eigenvalue weighted by atomic mass is 10.1. The molecule has 0 aliphatic rings. The van der Waals surface area contributed by atoms with Gasteiger partial charge >= 0.3 is 0 Å². The molecular formula is C8H7NO4. The van der Waals surface area contributed by atoms with Gasteiger partial charge in [0.1, 0.15) is 0 Å². The van der Waals surface area contributed by atoms with Crippen molar-refractivity contribution in [1.29, 1.82) is 0 Å². The molecular weight excluding hydrogens is 174 g/mol. The van der Waals surface area contributed by atoms with E-state index in [1.807, 2.05) is 0 Å². The Morgan fingerprint density at radius 3 is 2.54 bits per heavy atom. The Labute approximate surface area is 73.7 Å². The van der Waals surface area contributed by atoms with Gasteiger partial charge in [0.15, 0.2) is 11.5 Å². The number of hydrogen-bond acceptors (Lipinski definition) is 4. The third-order valence-corrected chi connectivity index (χ3v) is 1.53. The largest absolute Gasteiger partial charge is 0.504 e. The number of nitrogens with zero attached hydrogens (tertiary/aromatic N) is 1. The van der Waals surface area contributed by atoms with Gasteiger partial charge in [-0.05, 0) is 0 Å². The van der Waals surface area contributed by atoms with Crippen LogP contribution in [-0.4, -0.2) is 15.1 Å². The van der Waals surface area contributed by atoms with Crippen LogP contribution in [-0.2, 0) is 0 Å². The Bertz CT molecular complexity index is 373. The van der Waals surface area contributed by atoms with Gasteiger partial charge in [-0.2, -0.15) is 0 Å². The molecule has 5 nitrogen and oxygen atoms in total. The third kappa shape index (κ3) is 1.58. The fourth-order valence-corrected chi connectivity index (χ4v) is 0.887. The van der Waals surface area contributed by atoms with Crippen molar-refractivity contribution in [2.45, 2.75) is 0 Å². The van der Waals surface area contributed by atoms with Crippen molar-refractivity contribution in [3.05, 3.63) is 34.4 Å². The second-order valence-electron chi connectivity index (χ2n) is 2.36. The van der Waals surface area contributed by atoms with E-state index in [0.29, 0.717) is 0 Å². The van der Waals surface area contributed by atoms with Gasteiger partial charge < -0.3 is 10.2 Å². The van der Waals surface area contributed by atoms with Crippen LogP contribution in [0.3, 0.4) is 0 Å². The Morgan fingerprint density at radius 1 is 1.46 bits per heavy atom. The average Bonchev–Trinajstić information content (AvgIpc) is 2.09. The van der Waals surface area contributed by atoms with E-state index >= 15 is 0 Å². The van der Waals surface area contributed by atoms with Crippen molar-refractivity contribution in [2.75, 3.05) is 0 Å². The van der Waals surface area contributed by atoms with Gasteiger partial charge in [-0.3, -0.25) is 10.1 Å². The molecule has 13 heavy (non-hydrogen) atoms. The summed E-state index contributed by atoms with van der Waals surface area (Å²) in [6, 6.07) is 2.00. The molecule has 1 aromatic carbocycles. The maximum absolute atomic E-state index is 10.3. The number of nitro groups is 1. The minimum absolute atomic E-state index is 0.131. The highest BCUT2D eigenvalue weighted by Crippen LogP contribution is 2.33. The molecule has 0 fully saturated rings. The van der Waals surface area contributed by atoms with Gasteiger partial charge in [0.2, 0.25) is 0 Å². The van der Waals surface area contributed by atoms with E-state index in [0.717, 1.165) is 12.1 Å². The standard InChI is InChI=1S/C8H7NO4/c1-2-5-3-6(9(12)13)4-7(10)8(5)11/h2-4,10-11H,1H2. The first kappa shape index (κ1) is 9.05. The van der Waals surface area contributed by atoms with Crippen LogP contribution in [0.15, 0.2) is 18.7 Å². The quantitative estimate of drug-likeness (QED) is 0.412. The van der Waals surface area contributed by atoms with Crippen molar-refractivity contribution < 1.29 is 15.1 Å². The van der Waals surface area contributed by atoms with E-state index in [1.165, 1.54) is 6.08 Å². The zero-order valence-electron chi connectivity index (χ0n) is 6.60. The molecule has 0 aliphatic carbocycles. The van der Waals surface area contributed by atoms with Crippen LogP contribution in [0, 0.1) is 10.1 Å². The zero-order valence-corrected chi connectivity index (χ0v) is 6.60. The van der Waals surface area contributed by atoms with Gasteiger partial charge in [-0.1, -0.05) is 12.7 Å². The van der Waals surface area contributed by atoms with E-state index in [-0.39, 0.29) is 11.3 Å². The minimum atomic E-state index is -0.661. The Balaban J connectivity index is 3.38. The first-order valence-electron chi connectivity index (χ1n) is 3.39. The molecule has 0 unspecified atom stereocenters. The number of aromatic hydroxyl groups is 2. The Kier molecular flexibility index (Phi) is 2.19. The van der Waals surface area contributed by atoms with Crippen LogP contribution < -0.4 is 0 Å². The first-order valence-corrected chi connectivity index (χ1v) is 3.39. The highest BCUT2D eigenvalue weighted by Gasteiger charge is 2.13. The van der Waals surface area contributed by atoms with E-state index < -0.39 is 16.4 Å². The number of rotatable bonds is 2. The van der Waals surface area contributed by atoms with E-state index in [2.05, 4.69) is 6.58 Å². The number of phenolic OH excluding ortho intramolecular Hbond substituents is 2. The van der Waals surface area contributed by atoms with Crippen molar-refractivity contribution in [1.82, 2.24) is 0 Å². The van der Waals surface area contributed by atoms with Crippen LogP contribution in [0.5, 0.6) is 11.5 Å². The molecule has 68 valence electrons. The van der Waals surface area contributed by atoms with E-state index in [4.69, 9.17) is 10.2 Å². The average molecular weight is 181 g/mol. The predicted octanol–water partition coefficient (Wildman–Crippen LogP) is 1.65. The summed E-state index contributed by atoms with van der Waals surface area (Å²) in [6.07, 6.45) is 1.22. The van der Waals surface area contributed by atoms with Crippen LogP contribution in [0.4, 0.5) is 5.69 Å². The van der Waals surface area contributed by atoms with Crippen molar-refractivity contribution in [2.24, 2.45) is 0 Å². The van der Waals surface area contributed by atoms with E-state index in [9.17, 15) is 10.1 Å². The summed E-state index contributed by atoms with van der Waals surface area (Å²) in [4.78, 5) is 9.65. The summed E-state index contributed by atoms with van der Waals surface area (Å²) in [7, 11) is 0. The lowest BCUT2D eigenvalue weighted by molar-refractivity contribution is -0.385. The monoisotopic (exact) mass is 181 g/mol. The molecule has 0 saturated heterocycles. The lowest BCUT2D eigenvalue weighted by Gasteiger charge is -2.01. The molecule has 1 rings (SSSR count). The van der Waals surface area contributed by atoms with Gasteiger partial charge in [-0.25, -0.2) is 0 Å². The van der Waals surface area contributed by atoms with Gasteiger partial charge in [0.05, 0.1) is 11.0 Å². The fraction of sp³-hybridized carbons (Fsp3) is 0. The highest BCUT2D eigenvalue weighted by atomic mass is 16.6. The summed E-state index contributed by atoms with van der Waals surface area (Å²) in [5, 5.41) is 28.5. The summed E-state index contributed by atoms with van der Waals surface area (Å²) >= 11 is 0. The van der Waals surface area contributed by atoms with Gasteiger partial charge in [0, 0.05) is 11.6 Å². The maximum Gasteiger partial charge on any atom is 0.274 e. The summed E-state index contributed by atoms with van der Waals surface area (Å²) in [6.45, 7) is 3.34. The molecule has 0 aromatic heterocycles. The maximum atomic E-state index is 10.3. The molecule has 0 heterocycles. The van der Waals surface area contributed by atoms with Crippen LogP contribution in [0.2, 0.25) is 0 Å². The van der Waals surface area contributed by atoms with Gasteiger partial charge in [0.25, 0.3) is 5.69 Å². The molecule has 0 amide bonds. The third-order valence-electron chi connectivity index (χ3n) is 1.53. The van der Waals surface area contributed by atoms with Crippen molar-refractivity contribution in [3.8, 4) is 11.5 Å². The zero-order chi connectivity index (χ0) is 10.0.